The summed E-state index contributed by atoms with van der Waals surface area (Å²) >= 11 is 0. The molecule has 1 spiro atoms. The van der Waals surface area contributed by atoms with Gasteiger partial charge in [-0.05, 0) is 85.8 Å². The molecule has 2 atom stereocenters. The minimum atomic E-state index is -0.0614. The molecule has 4 heterocycles. The van der Waals surface area contributed by atoms with Gasteiger partial charge in [0.15, 0.2) is 23.0 Å². The van der Waals surface area contributed by atoms with Gasteiger partial charge in [0.05, 0.1) is 63.1 Å². The molecule has 0 radical (unpaired) electrons. The van der Waals surface area contributed by atoms with Crippen LogP contribution in [-0.2, 0) is 0 Å². The third-order valence-electron chi connectivity index (χ3n) is 11.1. The number of nitrogens with one attached hydrogen (secondary N) is 2. The summed E-state index contributed by atoms with van der Waals surface area (Å²) < 4.78 is 28.9. The maximum absolute atomic E-state index is 13.7. The summed E-state index contributed by atoms with van der Waals surface area (Å²) in [5, 5.41) is 7.01. The number of benzene rings is 3. The molecular weight excluding hydrogens is 648 g/mol. The highest BCUT2D eigenvalue weighted by molar-refractivity contribution is 6.03. The maximum atomic E-state index is 13.7. The van der Waals surface area contributed by atoms with Gasteiger partial charge in [-0.25, -0.2) is 0 Å². The molecule has 2 N–H and O–H groups in total. The number of nitrogens with zero attached hydrogens (tertiary/aromatic N) is 2. The molecular formula is C40H46N4O7. The number of carbonyl (C=O) groups excluding carboxylic acids is 2. The molecule has 0 aromatic heterocycles. The topological polar surface area (TPSA) is 111 Å². The van der Waals surface area contributed by atoms with E-state index in [0.29, 0.717) is 59.3 Å². The van der Waals surface area contributed by atoms with E-state index in [0.717, 1.165) is 73.5 Å². The fourth-order valence-corrected chi connectivity index (χ4v) is 8.00. The molecule has 268 valence electrons. The van der Waals surface area contributed by atoms with Crippen molar-refractivity contribution in [3.63, 3.8) is 0 Å². The van der Waals surface area contributed by atoms with E-state index < -0.39 is 0 Å². The normalized spacial score (nSPS) is 20.9. The molecule has 3 aromatic rings. The Labute approximate surface area is 298 Å². The Morgan fingerprint density at radius 2 is 1.33 bits per heavy atom. The zero-order valence-electron chi connectivity index (χ0n) is 29.6. The predicted molar refractivity (Wildman–Crippen MR) is 194 cm³/mol. The summed E-state index contributed by atoms with van der Waals surface area (Å²) in [5.41, 5.74) is 5.34. The molecule has 1 saturated heterocycles. The number of methoxy groups -OCH3 is 3. The van der Waals surface area contributed by atoms with Crippen molar-refractivity contribution in [2.45, 2.75) is 57.0 Å². The molecule has 2 fully saturated rings. The molecule has 5 aliphatic rings. The molecule has 2 unspecified atom stereocenters. The Morgan fingerprint density at radius 3 is 1.92 bits per heavy atom. The molecule has 4 aliphatic heterocycles. The molecule has 51 heavy (non-hydrogen) atoms. The first-order valence-corrected chi connectivity index (χ1v) is 18.0. The summed E-state index contributed by atoms with van der Waals surface area (Å²) in [6, 6.07) is 15.6. The standard InChI is InChI=1S/C40H46N4O7/c1-47-29-9-7-25(8-10-29)26-15-27-21-41-32-18-36(34(48-2)16-30(32)38(45)43(27)23-26)50-13-5-4-6-14-51-37-19-33-31(17-35(37)49-3)39(46)44-24-40(11-12-40)20-28(44)22-42-33/h7-10,16-19,23,27-28,41-42H,4-6,11-15,20-22,24H2,1-3H3. The van der Waals surface area contributed by atoms with Crippen LogP contribution in [0.25, 0.3) is 5.57 Å². The van der Waals surface area contributed by atoms with Crippen molar-refractivity contribution in [3.05, 3.63) is 71.4 Å². The lowest BCUT2D eigenvalue weighted by Gasteiger charge is -2.21. The van der Waals surface area contributed by atoms with Crippen molar-refractivity contribution < 1.29 is 33.3 Å². The van der Waals surface area contributed by atoms with Crippen LogP contribution in [0, 0.1) is 5.41 Å². The van der Waals surface area contributed by atoms with Crippen molar-refractivity contribution in [1.82, 2.24) is 9.80 Å². The van der Waals surface area contributed by atoms with Crippen LogP contribution >= 0.6 is 0 Å². The zero-order chi connectivity index (χ0) is 35.1. The summed E-state index contributed by atoms with van der Waals surface area (Å²) in [5.74, 6) is 3.17. The van der Waals surface area contributed by atoms with Crippen molar-refractivity contribution >= 4 is 28.8 Å². The maximum Gasteiger partial charge on any atom is 0.260 e. The number of fused-ring (bicyclic) bond motifs is 4. The smallest absolute Gasteiger partial charge is 0.260 e. The fourth-order valence-electron chi connectivity index (χ4n) is 8.00. The van der Waals surface area contributed by atoms with Crippen LogP contribution in [0.5, 0.6) is 28.7 Å². The van der Waals surface area contributed by atoms with Crippen LogP contribution in [0.3, 0.4) is 0 Å². The van der Waals surface area contributed by atoms with Crippen molar-refractivity contribution in [3.8, 4) is 28.7 Å². The van der Waals surface area contributed by atoms with Gasteiger partial charge in [0.1, 0.15) is 5.75 Å². The quantitative estimate of drug-likeness (QED) is 0.207. The number of hydrogen-bond acceptors (Lipinski definition) is 9. The van der Waals surface area contributed by atoms with E-state index in [2.05, 4.69) is 15.5 Å². The second-order valence-electron chi connectivity index (χ2n) is 14.4. The lowest BCUT2D eigenvalue weighted by molar-refractivity contribution is 0.0743. The summed E-state index contributed by atoms with van der Waals surface area (Å²) in [6.45, 7) is 3.26. The Kier molecular flexibility index (Phi) is 8.81. The molecule has 11 heteroatoms. The molecule has 3 aromatic carbocycles. The highest BCUT2D eigenvalue weighted by Gasteiger charge is 2.54. The summed E-state index contributed by atoms with van der Waals surface area (Å²) in [6.07, 6.45) is 8.83. The molecule has 2 amide bonds. The minimum Gasteiger partial charge on any atom is -0.497 e. The van der Waals surface area contributed by atoms with E-state index in [-0.39, 0.29) is 23.9 Å². The van der Waals surface area contributed by atoms with Crippen molar-refractivity contribution in [1.29, 1.82) is 0 Å². The second kappa shape index (κ2) is 13.6. The third-order valence-corrected chi connectivity index (χ3v) is 11.1. The average molecular weight is 695 g/mol. The number of amides is 2. The SMILES string of the molecule is COc1ccc(C2=CN3C(=O)c4cc(OC)c(OCCCCCOc5cc6c(cc5OC)C(=O)N5CC7(CC7)CC5CN6)cc4NCC3C2)cc1. The fraction of sp³-hybridized carbons (Fsp3) is 0.450. The zero-order valence-corrected chi connectivity index (χ0v) is 29.6. The Bertz CT molecular complexity index is 1850. The first-order chi connectivity index (χ1) is 24.9. The Hall–Kier alpha value is -5.06. The number of carbonyl (C=O) groups is 2. The van der Waals surface area contributed by atoms with Crippen LogP contribution < -0.4 is 34.3 Å². The van der Waals surface area contributed by atoms with Crippen molar-refractivity contribution in [2.75, 3.05) is 64.8 Å². The van der Waals surface area contributed by atoms with E-state index >= 15 is 0 Å². The van der Waals surface area contributed by atoms with Crippen molar-refractivity contribution in [2.24, 2.45) is 5.41 Å². The number of anilines is 2. The van der Waals surface area contributed by atoms with Gasteiger partial charge in [-0.2, -0.15) is 0 Å². The lowest BCUT2D eigenvalue weighted by atomic mass is 10.0. The molecule has 11 nitrogen and oxygen atoms in total. The van der Waals surface area contributed by atoms with Gasteiger partial charge in [0.2, 0.25) is 0 Å². The van der Waals surface area contributed by atoms with Gasteiger partial charge in [-0.3, -0.25) is 9.59 Å². The Balaban J connectivity index is 0.841. The van der Waals surface area contributed by atoms with Gasteiger partial charge in [-0.15, -0.1) is 0 Å². The summed E-state index contributed by atoms with van der Waals surface area (Å²) in [4.78, 5) is 31.1. The number of ether oxygens (including phenoxy) is 5. The molecule has 0 bridgehead atoms. The predicted octanol–water partition coefficient (Wildman–Crippen LogP) is 6.44. The number of hydrogen-bond donors (Lipinski definition) is 2. The largest absolute Gasteiger partial charge is 0.497 e. The van der Waals surface area contributed by atoms with Crippen LogP contribution in [0.2, 0.25) is 0 Å². The van der Waals surface area contributed by atoms with Crippen LogP contribution in [0.4, 0.5) is 11.4 Å². The number of rotatable bonds is 12. The second-order valence-corrected chi connectivity index (χ2v) is 14.4. The van der Waals surface area contributed by atoms with Crippen LogP contribution in [-0.4, -0.2) is 87.9 Å². The van der Waals surface area contributed by atoms with E-state index in [1.807, 2.05) is 53.6 Å². The van der Waals surface area contributed by atoms with E-state index in [1.54, 1.807) is 27.4 Å². The van der Waals surface area contributed by atoms with Gasteiger partial charge in [0, 0.05) is 44.0 Å². The Morgan fingerprint density at radius 1 is 0.725 bits per heavy atom. The monoisotopic (exact) mass is 694 g/mol. The summed E-state index contributed by atoms with van der Waals surface area (Å²) in [7, 11) is 4.86. The van der Waals surface area contributed by atoms with Gasteiger partial charge < -0.3 is 44.1 Å². The molecule has 1 saturated carbocycles. The van der Waals surface area contributed by atoms with Crippen LogP contribution in [0.1, 0.15) is 71.2 Å². The average Bonchev–Trinajstić information content (AvgIpc) is 3.69. The van der Waals surface area contributed by atoms with Gasteiger partial charge in [0.25, 0.3) is 11.8 Å². The third kappa shape index (κ3) is 6.38. The van der Waals surface area contributed by atoms with Crippen LogP contribution in [0.15, 0.2) is 54.7 Å². The van der Waals surface area contributed by atoms with Gasteiger partial charge in [-0.1, -0.05) is 12.1 Å². The first-order valence-electron chi connectivity index (χ1n) is 18.0. The number of unbranched alkanes of at least 4 members (excludes halogenated alkanes) is 2. The highest BCUT2D eigenvalue weighted by atomic mass is 16.5. The first kappa shape index (κ1) is 33.1. The lowest BCUT2D eigenvalue weighted by Crippen LogP contribution is -2.37. The van der Waals surface area contributed by atoms with E-state index in [4.69, 9.17) is 23.7 Å². The minimum absolute atomic E-state index is 0.0108. The van der Waals surface area contributed by atoms with E-state index in [1.165, 1.54) is 12.8 Å². The molecule has 1 aliphatic carbocycles. The van der Waals surface area contributed by atoms with E-state index in [9.17, 15) is 9.59 Å². The highest BCUT2D eigenvalue weighted by Crippen LogP contribution is 2.55. The molecule has 8 rings (SSSR count). The van der Waals surface area contributed by atoms with Gasteiger partial charge >= 0.3 is 0 Å².